The largest absolute Gasteiger partial charge is 0.573 e. The number of benzene rings is 2. The van der Waals surface area contributed by atoms with E-state index in [-0.39, 0.29) is 18.1 Å². The average molecular weight is 503 g/mol. The van der Waals surface area contributed by atoms with Gasteiger partial charge in [0.25, 0.3) is 0 Å². The topological polar surface area (TPSA) is 83.0 Å². The number of imidazole rings is 1. The van der Waals surface area contributed by atoms with Crippen molar-refractivity contribution in [1.29, 1.82) is 0 Å². The van der Waals surface area contributed by atoms with E-state index in [1.165, 1.54) is 12.1 Å². The lowest BCUT2D eigenvalue weighted by Gasteiger charge is -2.22. The molecule has 4 rings (SSSR count). The smallest absolute Gasteiger partial charge is 0.406 e. The van der Waals surface area contributed by atoms with E-state index < -0.39 is 18.2 Å². The van der Waals surface area contributed by atoms with Crippen LogP contribution in [0, 0.1) is 5.92 Å². The number of fused-ring (bicyclic) bond motifs is 1. The number of primary amides is 1. The Labute approximate surface area is 204 Å². The number of hydrogen-bond donors (Lipinski definition) is 1. The molecule has 0 spiro atoms. The third-order valence-corrected chi connectivity index (χ3v) is 6.15. The number of alkyl halides is 3. The number of rotatable bonds is 8. The van der Waals surface area contributed by atoms with Crippen molar-refractivity contribution in [1.82, 2.24) is 14.5 Å². The van der Waals surface area contributed by atoms with E-state index in [2.05, 4.69) is 9.72 Å². The maximum Gasteiger partial charge on any atom is 0.573 e. The number of hydrogen-bond acceptors (Lipinski definition) is 4. The van der Waals surface area contributed by atoms with Gasteiger partial charge >= 0.3 is 6.36 Å². The number of halogens is 4. The van der Waals surface area contributed by atoms with Crippen LogP contribution < -0.4 is 10.5 Å². The van der Waals surface area contributed by atoms with Gasteiger partial charge in [0.05, 0.1) is 23.1 Å². The highest BCUT2D eigenvalue weighted by Crippen LogP contribution is 2.30. The van der Waals surface area contributed by atoms with Gasteiger partial charge in [-0.3, -0.25) is 9.78 Å². The Morgan fingerprint density at radius 3 is 2.43 bits per heavy atom. The van der Waals surface area contributed by atoms with Crippen molar-refractivity contribution >= 4 is 28.5 Å². The monoisotopic (exact) mass is 502 g/mol. The maximum absolute atomic E-state index is 12.5. The summed E-state index contributed by atoms with van der Waals surface area (Å²) in [6.07, 6.45) is -1.21. The second kappa shape index (κ2) is 9.95. The summed E-state index contributed by atoms with van der Waals surface area (Å²) in [5.74, 6) is -0.896. The molecule has 182 valence electrons. The molecule has 0 radical (unpaired) electrons. The fraction of sp³-hybridized carbons (Fsp3) is 0.240. The summed E-state index contributed by atoms with van der Waals surface area (Å²) < 4.78 is 43.3. The number of amides is 1. The molecule has 0 aliphatic heterocycles. The van der Waals surface area contributed by atoms with Crippen LogP contribution in [0.4, 0.5) is 13.2 Å². The Morgan fingerprint density at radius 1 is 1.11 bits per heavy atom. The summed E-state index contributed by atoms with van der Waals surface area (Å²) in [7, 11) is 0. The second-order valence-electron chi connectivity index (χ2n) is 8.22. The first kappa shape index (κ1) is 24.5. The zero-order chi connectivity index (χ0) is 25.2. The summed E-state index contributed by atoms with van der Waals surface area (Å²) in [5, 5.41) is 0.595. The van der Waals surface area contributed by atoms with Gasteiger partial charge in [0.2, 0.25) is 5.91 Å². The Hall–Kier alpha value is -3.59. The molecule has 2 atom stereocenters. The van der Waals surface area contributed by atoms with E-state index in [0.717, 1.165) is 16.6 Å². The molecule has 4 aromatic rings. The van der Waals surface area contributed by atoms with Crippen LogP contribution in [0.2, 0.25) is 5.02 Å². The molecule has 10 heteroatoms. The van der Waals surface area contributed by atoms with Gasteiger partial charge in [-0.25, -0.2) is 4.98 Å². The van der Waals surface area contributed by atoms with Crippen molar-refractivity contribution < 1.29 is 22.7 Å². The molecule has 0 saturated heterocycles. The van der Waals surface area contributed by atoms with Crippen molar-refractivity contribution in [3.63, 3.8) is 0 Å². The van der Waals surface area contributed by atoms with Crippen LogP contribution in [0.15, 0.2) is 67.0 Å². The SMILES string of the molecule is C[C@H](c1ccc(Cl)cc1)C(Cc1nc2ccncc2n1Cc1ccc(OC(F)(F)F)cc1)C(N)=O. The molecule has 6 nitrogen and oxygen atoms in total. The molecule has 35 heavy (non-hydrogen) atoms. The molecule has 0 fully saturated rings. The highest BCUT2D eigenvalue weighted by Gasteiger charge is 2.31. The Bertz CT molecular complexity index is 1320. The van der Waals surface area contributed by atoms with E-state index in [1.807, 2.05) is 23.6 Å². The molecular formula is C25H22ClF3N4O2. The van der Waals surface area contributed by atoms with Gasteiger partial charge in [-0.05, 0) is 47.4 Å². The minimum Gasteiger partial charge on any atom is -0.406 e. The van der Waals surface area contributed by atoms with Crippen molar-refractivity contribution in [3.8, 4) is 5.75 Å². The van der Waals surface area contributed by atoms with Crippen molar-refractivity contribution in [2.75, 3.05) is 0 Å². The van der Waals surface area contributed by atoms with Gasteiger partial charge in [0, 0.05) is 24.2 Å². The standard InChI is InChI=1S/C25H22ClF3N4O2/c1-15(17-4-6-18(26)7-5-17)20(24(30)34)12-23-32-21-10-11-31-13-22(21)33(23)14-16-2-8-19(9-3-16)35-25(27,28)29/h2-11,13,15,20H,12,14H2,1H3,(H2,30,34)/t15-,20?/m1/s1. The highest BCUT2D eigenvalue weighted by molar-refractivity contribution is 6.30. The molecule has 2 aromatic carbocycles. The van der Waals surface area contributed by atoms with Crippen LogP contribution in [-0.2, 0) is 17.8 Å². The first-order chi connectivity index (χ1) is 16.6. The highest BCUT2D eigenvalue weighted by atomic mass is 35.5. The third kappa shape index (κ3) is 5.92. The first-order valence-corrected chi connectivity index (χ1v) is 11.2. The number of carbonyl (C=O) groups excluding carboxylic acids is 1. The van der Waals surface area contributed by atoms with Gasteiger partial charge in [0.15, 0.2) is 0 Å². The lowest BCUT2D eigenvalue weighted by Crippen LogP contribution is -2.30. The van der Waals surface area contributed by atoms with Gasteiger partial charge in [-0.1, -0.05) is 42.8 Å². The molecule has 2 aromatic heterocycles. The van der Waals surface area contributed by atoms with Crippen LogP contribution in [0.1, 0.15) is 29.8 Å². The molecule has 0 bridgehead atoms. The Kier molecular flexibility index (Phi) is 6.98. The van der Waals surface area contributed by atoms with Gasteiger partial charge in [-0.15, -0.1) is 13.2 Å². The van der Waals surface area contributed by atoms with Gasteiger partial charge < -0.3 is 15.0 Å². The molecule has 1 unspecified atom stereocenters. The number of ether oxygens (including phenoxy) is 1. The number of carbonyl (C=O) groups is 1. The first-order valence-electron chi connectivity index (χ1n) is 10.8. The summed E-state index contributed by atoms with van der Waals surface area (Å²) in [6.45, 7) is 2.23. The Balaban J connectivity index is 1.65. The predicted molar refractivity (Wildman–Crippen MR) is 126 cm³/mol. The van der Waals surface area contributed by atoms with Crippen LogP contribution in [0.25, 0.3) is 11.0 Å². The summed E-state index contributed by atoms with van der Waals surface area (Å²) in [4.78, 5) is 21.3. The number of nitrogens with two attached hydrogens (primary N) is 1. The normalized spacial score (nSPS) is 13.5. The van der Waals surface area contributed by atoms with Crippen molar-refractivity contribution in [2.45, 2.75) is 32.2 Å². The molecule has 0 saturated carbocycles. The van der Waals surface area contributed by atoms with Crippen molar-refractivity contribution in [2.24, 2.45) is 11.7 Å². The fourth-order valence-electron chi connectivity index (χ4n) is 4.05. The zero-order valence-corrected chi connectivity index (χ0v) is 19.4. The van der Waals surface area contributed by atoms with Crippen LogP contribution >= 0.6 is 11.6 Å². The molecule has 2 N–H and O–H groups in total. The number of pyridine rings is 1. The van der Waals surface area contributed by atoms with E-state index >= 15 is 0 Å². The molecule has 0 aliphatic carbocycles. The van der Waals surface area contributed by atoms with Crippen molar-refractivity contribution in [3.05, 3.63) is 89.0 Å². The summed E-state index contributed by atoms with van der Waals surface area (Å²) in [6, 6.07) is 14.6. The Morgan fingerprint density at radius 2 is 1.80 bits per heavy atom. The minimum absolute atomic E-state index is 0.199. The second-order valence-corrected chi connectivity index (χ2v) is 8.66. The minimum atomic E-state index is -4.76. The van der Waals surface area contributed by atoms with Gasteiger partial charge in [0.1, 0.15) is 11.6 Å². The van der Waals surface area contributed by atoms with Gasteiger partial charge in [-0.2, -0.15) is 0 Å². The van der Waals surface area contributed by atoms with Crippen LogP contribution in [0.3, 0.4) is 0 Å². The zero-order valence-electron chi connectivity index (χ0n) is 18.7. The quantitative estimate of drug-likeness (QED) is 0.346. The molecule has 1 amide bonds. The summed E-state index contributed by atoms with van der Waals surface area (Å²) >= 11 is 6.00. The van der Waals surface area contributed by atoms with E-state index in [0.29, 0.717) is 22.9 Å². The molecular weight excluding hydrogens is 481 g/mol. The third-order valence-electron chi connectivity index (χ3n) is 5.89. The lowest BCUT2D eigenvalue weighted by molar-refractivity contribution is -0.274. The fourth-order valence-corrected chi connectivity index (χ4v) is 4.18. The van der Waals surface area contributed by atoms with E-state index in [1.54, 1.807) is 42.7 Å². The van der Waals surface area contributed by atoms with E-state index in [4.69, 9.17) is 22.3 Å². The van der Waals surface area contributed by atoms with Crippen LogP contribution in [0.5, 0.6) is 5.75 Å². The molecule has 0 aliphatic rings. The number of aromatic nitrogens is 3. The maximum atomic E-state index is 12.5. The van der Waals surface area contributed by atoms with E-state index in [9.17, 15) is 18.0 Å². The summed E-state index contributed by atoms with van der Waals surface area (Å²) in [5.41, 5.74) is 8.87. The van der Waals surface area contributed by atoms with Crippen LogP contribution in [-0.4, -0.2) is 26.8 Å². The average Bonchev–Trinajstić information content (AvgIpc) is 3.14. The molecule has 2 heterocycles. The number of nitrogens with zero attached hydrogens (tertiary/aromatic N) is 3. The lowest BCUT2D eigenvalue weighted by atomic mass is 9.84. The predicted octanol–water partition coefficient (Wildman–Crippen LogP) is 5.48.